The molecule has 0 aromatic heterocycles. The maximum atomic E-state index is 14.0. The molecule has 0 saturated heterocycles. The minimum absolute atomic E-state index is 0.00892. The van der Waals surface area contributed by atoms with E-state index in [1.165, 1.54) is 18.2 Å². The molecule has 4 rings (SSSR count). The predicted octanol–water partition coefficient (Wildman–Crippen LogP) is 9.68. The van der Waals surface area contributed by atoms with E-state index >= 15 is 0 Å². The highest BCUT2D eigenvalue weighted by Gasteiger charge is 2.63. The van der Waals surface area contributed by atoms with E-state index in [2.05, 4.69) is 23.7 Å². The van der Waals surface area contributed by atoms with Crippen LogP contribution in [0.15, 0.2) is 36.4 Å². The van der Waals surface area contributed by atoms with Crippen LogP contribution in [0.4, 0.5) is 35.1 Å². The van der Waals surface area contributed by atoms with Crippen LogP contribution in [0.3, 0.4) is 0 Å². The maximum Gasteiger partial charge on any atom is 0.405 e. The van der Waals surface area contributed by atoms with Gasteiger partial charge >= 0.3 is 12.4 Å². The van der Waals surface area contributed by atoms with Gasteiger partial charge in [-0.3, -0.25) is 0 Å². The van der Waals surface area contributed by atoms with Crippen molar-refractivity contribution in [1.82, 2.24) is 0 Å². The summed E-state index contributed by atoms with van der Waals surface area (Å²) in [6.45, 7) is 7.58. The Labute approximate surface area is 224 Å². The van der Waals surface area contributed by atoms with Gasteiger partial charge in [0.25, 0.3) is 0 Å². The van der Waals surface area contributed by atoms with Crippen molar-refractivity contribution < 1.29 is 35.1 Å². The van der Waals surface area contributed by atoms with Gasteiger partial charge < -0.3 is 0 Å². The van der Waals surface area contributed by atoms with Gasteiger partial charge in [0.05, 0.1) is 5.56 Å². The summed E-state index contributed by atoms with van der Waals surface area (Å²) in [7, 11) is 0. The third-order valence-electron chi connectivity index (χ3n) is 7.22. The molecule has 2 aromatic rings. The van der Waals surface area contributed by atoms with Crippen LogP contribution in [0.5, 0.6) is 0 Å². The minimum atomic E-state index is -4.33. The Morgan fingerprint density at radius 1 is 0.795 bits per heavy atom. The average Bonchev–Trinajstić information content (AvgIpc) is 3.75. The van der Waals surface area contributed by atoms with E-state index in [4.69, 9.17) is 0 Å². The molecule has 0 radical (unpaired) electrons. The Morgan fingerprint density at radius 2 is 1.33 bits per heavy atom. The van der Waals surface area contributed by atoms with E-state index in [0.29, 0.717) is 11.1 Å². The quantitative estimate of drug-likeness (QED) is 0.262. The van der Waals surface area contributed by atoms with Crippen LogP contribution < -0.4 is 0 Å². The second kappa shape index (κ2) is 11.2. The molecule has 2 aromatic carbocycles. The monoisotopic (exact) mass is 554 g/mol. The lowest BCUT2D eigenvalue weighted by atomic mass is 9.96. The molecular weight excluding hydrogens is 524 g/mol. The first-order valence-corrected chi connectivity index (χ1v) is 12.8. The first-order valence-electron chi connectivity index (χ1n) is 12.8. The van der Waals surface area contributed by atoms with Gasteiger partial charge in [0, 0.05) is 5.56 Å². The van der Waals surface area contributed by atoms with Gasteiger partial charge in [0.1, 0.15) is 22.5 Å². The largest absolute Gasteiger partial charge is 0.405 e. The zero-order valence-electron chi connectivity index (χ0n) is 22.2. The summed E-state index contributed by atoms with van der Waals surface area (Å²) < 4.78 is 104. The van der Waals surface area contributed by atoms with Crippen molar-refractivity contribution in [1.29, 1.82) is 0 Å². The SMILES string of the molecule is CC(C)c1cccc(C#CC2(C(F)(F)F)CC2)c1F.CCC(C)c1cc(F)cc(C#CC2(C(F)(F)F)CC2)c1. The molecule has 0 N–H and O–H groups in total. The second-order valence-corrected chi connectivity index (χ2v) is 10.6. The van der Waals surface area contributed by atoms with Crippen LogP contribution in [0.1, 0.15) is 93.9 Å². The van der Waals surface area contributed by atoms with Crippen LogP contribution in [-0.2, 0) is 0 Å². The summed E-state index contributed by atoms with van der Waals surface area (Å²) in [4.78, 5) is 0. The van der Waals surface area contributed by atoms with Crippen LogP contribution in [0, 0.1) is 46.1 Å². The molecule has 0 bridgehead atoms. The van der Waals surface area contributed by atoms with Crippen LogP contribution in [0.25, 0.3) is 0 Å². The molecule has 2 aliphatic rings. The Morgan fingerprint density at radius 3 is 1.79 bits per heavy atom. The molecule has 0 nitrogen and oxygen atoms in total. The van der Waals surface area contributed by atoms with Crippen molar-refractivity contribution in [3.05, 3.63) is 70.3 Å². The van der Waals surface area contributed by atoms with Gasteiger partial charge in [0.15, 0.2) is 0 Å². The fourth-order valence-corrected chi connectivity index (χ4v) is 3.88. The number of hydrogen-bond donors (Lipinski definition) is 0. The third kappa shape index (κ3) is 7.15. The lowest BCUT2D eigenvalue weighted by Crippen LogP contribution is -2.22. The van der Waals surface area contributed by atoms with Gasteiger partial charge in [-0.2, -0.15) is 26.3 Å². The lowest BCUT2D eigenvalue weighted by Gasteiger charge is -2.12. The maximum absolute atomic E-state index is 14.0. The number of rotatable bonds is 3. The Kier molecular flexibility index (Phi) is 8.80. The van der Waals surface area contributed by atoms with Gasteiger partial charge in [-0.15, -0.1) is 0 Å². The molecule has 0 heterocycles. The molecule has 8 heteroatoms. The lowest BCUT2D eigenvalue weighted by molar-refractivity contribution is -0.169. The molecule has 2 aliphatic carbocycles. The normalized spacial score (nSPS) is 17.6. The van der Waals surface area contributed by atoms with Crippen molar-refractivity contribution in [2.75, 3.05) is 0 Å². The van der Waals surface area contributed by atoms with E-state index in [0.717, 1.165) is 12.0 Å². The zero-order valence-corrected chi connectivity index (χ0v) is 22.2. The number of halogens is 8. The molecule has 1 atom stereocenters. The Hall–Kier alpha value is -3.00. The molecule has 1 unspecified atom stereocenters. The van der Waals surface area contributed by atoms with Gasteiger partial charge in [-0.05, 0) is 79.3 Å². The number of benzene rings is 2. The van der Waals surface area contributed by atoms with Crippen molar-refractivity contribution in [3.8, 4) is 23.7 Å². The summed E-state index contributed by atoms with van der Waals surface area (Å²) in [5.41, 5.74) is -2.17. The molecular formula is C31H30F8. The molecule has 0 aliphatic heterocycles. The summed E-state index contributed by atoms with van der Waals surface area (Å²) in [6.07, 6.45) is -7.69. The Bertz CT molecular complexity index is 1300. The predicted molar refractivity (Wildman–Crippen MR) is 135 cm³/mol. The van der Waals surface area contributed by atoms with Crippen LogP contribution in [0.2, 0.25) is 0 Å². The second-order valence-electron chi connectivity index (χ2n) is 10.6. The van der Waals surface area contributed by atoms with Crippen molar-refractivity contribution in [3.63, 3.8) is 0 Å². The van der Waals surface area contributed by atoms with E-state index in [-0.39, 0.29) is 43.1 Å². The molecule has 210 valence electrons. The van der Waals surface area contributed by atoms with E-state index < -0.39 is 34.8 Å². The average molecular weight is 555 g/mol. The van der Waals surface area contributed by atoms with Crippen molar-refractivity contribution >= 4 is 0 Å². The summed E-state index contributed by atoms with van der Waals surface area (Å²) in [5, 5.41) is 0. The van der Waals surface area contributed by atoms with E-state index in [1.807, 2.05) is 27.7 Å². The van der Waals surface area contributed by atoms with E-state index in [1.54, 1.807) is 18.2 Å². The third-order valence-corrected chi connectivity index (χ3v) is 7.22. The standard InChI is InChI=1S/C16H16F4.C15H14F4/c1-3-11(2)13-8-12(9-14(17)10-13)4-5-15(6-7-15)16(18,19)20;1-10(2)12-5-3-4-11(13(12)16)6-7-14(8-9-14)15(17,18)19/h8-11H,3,6-7H2,1-2H3;3-5,10H,8-9H2,1-2H3. The molecule has 2 fully saturated rings. The molecule has 0 amide bonds. The number of hydrogen-bond acceptors (Lipinski definition) is 0. The first-order chi connectivity index (χ1) is 18.0. The highest BCUT2D eigenvalue weighted by atomic mass is 19.4. The summed E-state index contributed by atoms with van der Waals surface area (Å²) in [6, 6.07) is 8.94. The van der Waals surface area contributed by atoms with Gasteiger partial charge in [0.2, 0.25) is 0 Å². The van der Waals surface area contributed by atoms with Crippen LogP contribution >= 0.6 is 0 Å². The van der Waals surface area contributed by atoms with E-state index in [9.17, 15) is 35.1 Å². The highest BCUT2D eigenvalue weighted by Crippen LogP contribution is 2.57. The smallest absolute Gasteiger partial charge is 0.207 e. The summed E-state index contributed by atoms with van der Waals surface area (Å²) >= 11 is 0. The fraction of sp³-hybridized carbons (Fsp3) is 0.484. The zero-order chi connectivity index (χ0) is 29.2. The van der Waals surface area contributed by atoms with Crippen molar-refractivity contribution in [2.45, 2.75) is 84.0 Å². The highest BCUT2D eigenvalue weighted by molar-refractivity contribution is 5.43. The summed E-state index contributed by atoms with van der Waals surface area (Å²) in [5.74, 6) is 8.55. The van der Waals surface area contributed by atoms with Crippen LogP contribution in [-0.4, -0.2) is 12.4 Å². The van der Waals surface area contributed by atoms with Gasteiger partial charge in [-0.25, -0.2) is 8.78 Å². The fourth-order valence-electron chi connectivity index (χ4n) is 3.88. The molecule has 39 heavy (non-hydrogen) atoms. The van der Waals surface area contributed by atoms with Gasteiger partial charge in [-0.1, -0.05) is 63.5 Å². The molecule has 2 saturated carbocycles. The van der Waals surface area contributed by atoms with Crippen molar-refractivity contribution in [2.24, 2.45) is 10.8 Å². The first kappa shape index (κ1) is 30.5. The Balaban J connectivity index is 0.000000216. The number of alkyl halides is 6. The minimum Gasteiger partial charge on any atom is -0.207 e. The topological polar surface area (TPSA) is 0 Å². The molecule has 0 spiro atoms.